The van der Waals surface area contributed by atoms with E-state index in [4.69, 9.17) is 0 Å². The molecule has 2 rings (SSSR count). The minimum absolute atomic E-state index is 0.133. The van der Waals surface area contributed by atoms with Gasteiger partial charge in [-0.1, -0.05) is 30.6 Å². The third kappa shape index (κ3) is 4.07. The Bertz CT molecular complexity index is 560. The van der Waals surface area contributed by atoms with Crippen molar-refractivity contribution < 1.29 is 14.7 Å². The van der Waals surface area contributed by atoms with Crippen molar-refractivity contribution in [1.29, 1.82) is 0 Å². The van der Waals surface area contributed by atoms with E-state index in [0.29, 0.717) is 18.5 Å². The lowest BCUT2D eigenvalue weighted by molar-refractivity contribution is -0.150. The van der Waals surface area contributed by atoms with Gasteiger partial charge in [0, 0.05) is 17.6 Å². The number of aromatic nitrogens is 1. The zero-order valence-corrected chi connectivity index (χ0v) is 12.4. The normalized spacial score (nSPS) is 17.1. The van der Waals surface area contributed by atoms with Crippen LogP contribution < -0.4 is 15.5 Å². The summed E-state index contributed by atoms with van der Waals surface area (Å²) in [6, 6.07) is -0.423. The fourth-order valence-corrected chi connectivity index (χ4v) is 3.16. The fraction of sp³-hybridized carbons (Fsp3) is 0.615. The summed E-state index contributed by atoms with van der Waals surface area (Å²) in [5.74, 6) is -0.843. The molecule has 4 N–H and O–H groups in total. The average Bonchev–Trinajstić information content (AvgIpc) is 2.89. The summed E-state index contributed by atoms with van der Waals surface area (Å²) < 4.78 is 0. The third-order valence-electron chi connectivity index (χ3n) is 3.86. The molecule has 0 aromatic carbocycles. The number of nitrogens with one attached hydrogen (secondary N) is 3. The van der Waals surface area contributed by atoms with Crippen LogP contribution in [-0.2, 0) is 11.3 Å². The van der Waals surface area contributed by atoms with Gasteiger partial charge in [0.15, 0.2) is 0 Å². The van der Waals surface area contributed by atoms with Gasteiger partial charge in [0.1, 0.15) is 0 Å². The number of H-pyrrole nitrogens is 1. The lowest BCUT2D eigenvalue weighted by Crippen LogP contribution is -2.47. The van der Waals surface area contributed by atoms with Gasteiger partial charge in [-0.25, -0.2) is 4.79 Å². The number of carboxylic acid groups (broad SMARTS) is 1. The number of carbonyl (C=O) groups is 2. The molecule has 1 aliphatic carbocycles. The highest BCUT2D eigenvalue weighted by molar-refractivity contribution is 7.07. The lowest BCUT2D eigenvalue weighted by atomic mass is 9.74. The van der Waals surface area contributed by atoms with Crippen molar-refractivity contribution in [3.8, 4) is 0 Å². The molecule has 0 saturated heterocycles. The van der Waals surface area contributed by atoms with Crippen LogP contribution in [0, 0.1) is 5.41 Å². The van der Waals surface area contributed by atoms with E-state index in [1.807, 2.05) is 0 Å². The summed E-state index contributed by atoms with van der Waals surface area (Å²) in [5.41, 5.74) is -0.211. The van der Waals surface area contributed by atoms with Crippen molar-refractivity contribution in [3.05, 3.63) is 20.7 Å². The Morgan fingerprint density at radius 2 is 2.00 bits per heavy atom. The van der Waals surface area contributed by atoms with Crippen LogP contribution in [0.5, 0.6) is 0 Å². The minimum atomic E-state index is -0.843. The summed E-state index contributed by atoms with van der Waals surface area (Å²) >= 11 is 1.03. The molecular weight excluding hydrogens is 294 g/mol. The molecule has 0 unspecified atom stereocenters. The van der Waals surface area contributed by atoms with Gasteiger partial charge in [-0.3, -0.25) is 9.59 Å². The zero-order valence-electron chi connectivity index (χ0n) is 11.6. The van der Waals surface area contributed by atoms with Gasteiger partial charge in [0.05, 0.1) is 12.0 Å². The fourth-order valence-electron chi connectivity index (χ4n) is 2.58. The molecule has 0 aliphatic heterocycles. The van der Waals surface area contributed by atoms with Crippen molar-refractivity contribution in [3.63, 3.8) is 0 Å². The van der Waals surface area contributed by atoms with Gasteiger partial charge in [-0.15, -0.1) is 0 Å². The Labute approximate surface area is 125 Å². The molecule has 0 spiro atoms. The second kappa shape index (κ2) is 6.75. The maximum atomic E-state index is 11.7. The minimum Gasteiger partial charge on any atom is -0.481 e. The van der Waals surface area contributed by atoms with Crippen LogP contribution in [0.4, 0.5) is 4.79 Å². The van der Waals surface area contributed by atoms with Crippen LogP contribution >= 0.6 is 11.3 Å². The summed E-state index contributed by atoms with van der Waals surface area (Å²) in [5, 5.41) is 16.3. The monoisotopic (exact) mass is 313 g/mol. The van der Waals surface area contributed by atoms with E-state index in [0.717, 1.165) is 30.6 Å². The van der Waals surface area contributed by atoms with Gasteiger partial charge in [0.25, 0.3) is 0 Å². The van der Waals surface area contributed by atoms with Crippen molar-refractivity contribution >= 4 is 23.3 Å². The quantitative estimate of drug-likeness (QED) is 0.656. The summed E-state index contributed by atoms with van der Waals surface area (Å²) in [6.45, 7) is 0.346. The van der Waals surface area contributed by atoms with Crippen LogP contribution in [0.1, 0.15) is 37.8 Å². The Balaban J connectivity index is 1.81. The van der Waals surface area contributed by atoms with Crippen molar-refractivity contribution in [2.75, 3.05) is 6.54 Å². The number of amides is 2. The maximum absolute atomic E-state index is 11.7. The molecule has 0 radical (unpaired) electrons. The topological polar surface area (TPSA) is 111 Å². The first kappa shape index (κ1) is 15.6. The van der Waals surface area contributed by atoms with Crippen LogP contribution in [0.25, 0.3) is 0 Å². The molecule has 21 heavy (non-hydrogen) atoms. The Hall–Kier alpha value is -1.83. The molecule has 7 nitrogen and oxygen atoms in total. The molecule has 0 bridgehead atoms. The van der Waals surface area contributed by atoms with Crippen molar-refractivity contribution in [2.45, 2.75) is 38.6 Å². The molecule has 2 amide bonds. The molecular formula is C13H19N3O4S. The number of carbonyl (C=O) groups excluding carboxylic acids is 1. The van der Waals surface area contributed by atoms with Crippen molar-refractivity contribution in [2.24, 2.45) is 5.41 Å². The van der Waals surface area contributed by atoms with Crippen LogP contribution in [0.2, 0.25) is 0 Å². The molecule has 1 heterocycles. The van der Waals surface area contributed by atoms with E-state index in [1.165, 1.54) is 0 Å². The number of aromatic amines is 1. The average molecular weight is 313 g/mol. The predicted molar refractivity (Wildman–Crippen MR) is 78.3 cm³/mol. The zero-order chi connectivity index (χ0) is 15.3. The molecule has 1 aliphatic rings. The van der Waals surface area contributed by atoms with E-state index in [2.05, 4.69) is 15.6 Å². The van der Waals surface area contributed by atoms with E-state index in [-0.39, 0.29) is 18.0 Å². The van der Waals surface area contributed by atoms with Crippen LogP contribution in [0.3, 0.4) is 0 Å². The first-order valence-electron chi connectivity index (χ1n) is 6.94. The molecule has 1 saturated carbocycles. The smallest absolute Gasteiger partial charge is 0.315 e. The molecule has 8 heteroatoms. The van der Waals surface area contributed by atoms with E-state index in [1.54, 1.807) is 5.38 Å². The number of hydrogen-bond acceptors (Lipinski definition) is 4. The first-order chi connectivity index (χ1) is 10.0. The van der Waals surface area contributed by atoms with E-state index >= 15 is 0 Å². The highest BCUT2D eigenvalue weighted by atomic mass is 32.1. The number of aliphatic carboxylic acids is 1. The molecule has 116 valence electrons. The van der Waals surface area contributed by atoms with E-state index < -0.39 is 17.4 Å². The Kier molecular flexibility index (Phi) is 5.00. The van der Waals surface area contributed by atoms with Gasteiger partial charge in [-0.2, -0.15) is 0 Å². The largest absolute Gasteiger partial charge is 0.481 e. The predicted octanol–water partition coefficient (Wildman–Crippen LogP) is 1.27. The second-order valence-corrected chi connectivity index (χ2v) is 6.20. The Morgan fingerprint density at radius 1 is 1.29 bits per heavy atom. The summed E-state index contributed by atoms with van der Waals surface area (Å²) in [6.07, 6.45) is 4.01. The standard InChI is InChI=1S/C13H19N3O4S/c17-10(18)13(4-2-1-3-5-13)8-15-11(19)14-6-9-7-21-12(20)16-9/h7H,1-6,8H2,(H,16,20)(H,17,18)(H2,14,15,19). The molecule has 1 aromatic rings. The highest BCUT2D eigenvalue weighted by Gasteiger charge is 2.39. The third-order valence-corrected chi connectivity index (χ3v) is 4.58. The first-order valence-corrected chi connectivity index (χ1v) is 7.82. The number of thiazole rings is 1. The second-order valence-electron chi connectivity index (χ2n) is 5.36. The SMILES string of the molecule is O=C(NCc1csc(=O)[nH]1)NCC1(C(=O)O)CCCCC1. The van der Waals surface area contributed by atoms with Crippen molar-refractivity contribution in [1.82, 2.24) is 15.6 Å². The van der Waals surface area contributed by atoms with Gasteiger partial charge in [0.2, 0.25) is 0 Å². The maximum Gasteiger partial charge on any atom is 0.315 e. The lowest BCUT2D eigenvalue weighted by Gasteiger charge is -2.33. The number of urea groups is 1. The number of rotatable bonds is 5. The van der Waals surface area contributed by atoms with E-state index in [9.17, 15) is 19.5 Å². The number of carboxylic acids is 1. The van der Waals surface area contributed by atoms with Gasteiger partial charge < -0.3 is 20.7 Å². The highest BCUT2D eigenvalue weighted by Crippen LogP contribution is 2.35. The molecule has 1 aromatic heterocycles. The van der Waals surface area contributed by atoms with Crippen LogP contribution in [-0.4, -0.2) is 28.6 Å². The summed E-state index contributed by atoms with van der Waals surface area (Å²) in [7, 11) is 0. The number of hydrogen-bond donors (Lipinski definition) is 4. The molecule has 0 atom stereocenters. The van der Waals surface area contributed by atoms with Gasteiger partial charge in [-0.05, 0) is 12.8 Å². The Morgan fingerprint density at radius 3 is 2.57 bits per heavy atom. The van der Waals surface area contributed by atoms with Crippen LogP contribution in [0.15, 0.2) is 10.2 Å². The van der Waals surface area contributed by atoms with Gasteiger partial charge >= 0.3 is 16.9 Å². The molecule has 1 fully saturated rings. The summed E-state index contributed by atoms with van der Waals surface area (Å²) in [4.78, 5) is 36.6.